The molecule has 0 aromatic heterocycles. The second-order valence-corrected chi connectivity index (χ2v) is 5.47. The predicted octanol–water partition coefficient (Wildman–Crippen LogP) is 4.19. The lowest BCUT2D eigenvalue weighted by Gasteiger charge is -2.09. The minimum absolute atomic E-state index is 0.177. The van der Waals surface area contributed by atoms with Crippen molar-refractivity contribution < 1.29 is 14.7 Å². The fourth-order valence-corrected chi connectivity index (χ4v) is 2.38. The molecule has 2 aromatic carbocycles. The maximum Gasteiger partial charge on any atom is 0.335 e. The van der Waals surface area contributed by atoms with E-state index in [0.717, 1.165) is 10.0 Å². The van der Waals surface area contributed by atoms with Crippen LogP contribution in [0.5, 0.6) is 0 Å². The van der Waals surface area contributed by atoms with Gasteiger partial charge in [0, 0.05) is 15.7 Å². The summed E-state index contributed by atoms with van der Waals surface area (Å²) in [5, 5.41) is 11.6. The summed E-state index contributed by atoms with van der Waals surface area (Å²) in [5.74, 6) is -1.25. The lowest BCUT2D eigenvalue weighted by molar-refractivity contribution is -0.111. The number of hydrogen-bond donors (Lipinski definition) is 2. The first-order valence-electron chi connectivity index (χ1n) is 6.58. The smallest absolute Gasteiger partial charge is 0.335 e. The third-order valence-electron chi connectivity index (χ3n) is 3.06. The van der Waals surface area contributed by atoms with Crippen LogP contribution in [-0.2, 0) is 4.79 Å². The maximum absolute atomic E-state index is 12.4. The van der Waals surface area contributed by atoms with Crippen molar-refractivity contribution in [2.75, 3.05) is 5.32 Å². The predicted molar refractivity (Wildman–Crippen MR) is 89.8 cm³/mol. The Morgan fingerprint density at radius 1 is 1.09 bits per heavy atom. The van der Waals surface area contributed by atoms with E-state index in [1.54, 1.807) is 25.1 Å². The van der Waals surface area contributed by atoms with E-state index in [9.17, 15) is 9.59 Å². The Morgan fingerprint density at radius 2 is 1.77 bits per heavy atom. The van der Waals surface area contributed by atoms with Crippen LogP contribution in [0, 0.1) is 0 Å². The number of benzene rings is 2. The van der Waals surface area contributed by atoms with Crippen LogP contribution in [0.3, 0.4) is 0 Å². The lowest BCUT2D eigenvalue weighted by Crippen LogP contribution is -2.13. The molecule has 4 nitrogen and oxygen atoms in total. The van der Waals surface area contributed by atoms with Gasteiger partial charge in [0.15, 0.2) is 0 Å². The van der Waals surface area contributed by atoms with E-state index in [1.807, 2.05) is 24.3 Å². The molecule has 1 amide bonds. The van der Waals surface area contributed by atoms with Gasteiger partial charge in [-0.3, -0.25) is 4.79 Å². The molecule has 0 radical (unpaired) electrons. The van der Waals surface area contributed by atoms with Crippen molar-refractivity contribution in [3.63, 3.8) is 0 Å². The number of hydrogen-bond acceptors (Lipinski definition) is 2. The van der Waals surface area contributed by atoms with Gasteiger partial charge in [-0.2, -0.15) is 0 Å². The van der Waals surface area contributed by atoms with Crippen LogP contribution < -0.4 is 5.32 Å². The third-order valence-corrected chi connectivity index (χ3v) is 3.55. The Labute approximate surface area is 136 Å². The second-order valence-electron chi connectivity index (χ2n) is 4.55. The van der Waals surface area contributed by atoms with Crippen LogP contribution in [0.15, 0.2) is 59.1 Å². The number of aromatic carboxylic acids is 1. The number of anilines is 1. The molecule has 0 aliphatic heterocycles. The van der Waals surface area contributed by atoms with E-state index in [4.69, 9.17) is 5.11 Å². The Balaban J connectivity index is 2.18. The van der Waals surface area contributed by atoms with Gasteiger partial charge in [0.25, 0.3) is 5.91 Å². The fraction of sp³-hybridized carbons (Fsp3) is 0.0588. The van der Waals surface area contributed by atoms with Gasteiger partial charge in [0.1, 0.15) is 0 Å². The Hall–Kier alpha value is -2.40. The first-order valence-corrected chi connectivity index (χ1v) is 7.37. The molecule has 0 saturated heterocycles. The Bertz CT molecular complexity index is 736. The molecule has 112 valence electrons. The van der Waals surface area contributed by atoms with E-state index in [1.165, 1.54) is 12.1 Å². The highest BCUT2D eigenvalue weighted by atomic mass is 79.9. The minimum atomic E-state index is -0.999. The summed E-state index contributed by atoms with van der Waals surface area (Å²) in [6.45, 7) is 1.79. The summed E-state index contributed by atoms with van der Waals surface area (Å²) < 4.78 is 0.892. The van der Waals surface area contributed by atoms with Gasteiger partial charge in [-0.25, -0.2) is 4.79 Å². The SMILES string of the molecule is C/C=C(/C(=O)Nc1ccc(C(=O)O)cc1)c1cccc(Br)c1. The number of carbonyl (C=O) groups is 2. The molecule has 5 heteroatoms. The summed E-state index contributed by atoms with van der Waals surface area (Å²) in [6, 6.07) is 13.5. The van der Waals surface area contributed by atoms with Crippen LogP contribution in [0.1, 0.15) is 22.8 Å². The highest BCUT2D eigenvalue weighted by molar-refractivity contribution is 9.10. The first-order chi connectivity index (χ1) is 10.5. The molecule has 0 spiro atoms. The van der Waals surface area contributed by atoms with Crippen molar-refractivity contribution in [1.82, 2.24) is 0 Å². The fourth-order valence-electron chi connectivity index (χ4n) is 1.98. The zero-order valence-corrected chi connectivity index (χ0v) is 13.4. The largest absolute Gasteiger partial charge is 0.478 e. The van der Waals surface area contributed by atoms with Gasteiger partial charge in [-0.05, 0) is 48.9 Å². The van der Waals surface area contributed by atoms with Crippen LogP contribution in [0.25, 0.3) is 5.57 Å². The molecule has 0 aliphatic carbocycles. The molecule has 2 rings (SSSR count). The number of halogens is 1. The summed E-state index contributed by atoms with van der Waals surface area (Å²) in [5.41, 5.74) is 2.07. The molecule has 2 aromatic rings. The van der Waals surface area contributed by atoms with Crippen molar-refractivity contribution in [2.45, 2.75) is 6.92 Å². The van der Waals surface area contributed by atoms with E-state index in [2.05, 4.69) is 21.2 Å². The van der Waals surface area contributed by atoms with Gasteiger partial charge in [-0.15, -0.1) is 0 Å². The van der Waals surface area contributed by atoms with Crippen molar-refractivity contribution >= 4 is 39.1 Å². The number of carbonyl (C=O) groups excluding carboxylic acids is 1. The summed E-state index contributed by atoms with van der Waals surface area (Å²) in [7, 11) is 0. The second kappa shape index (κ2) is 7.04. The highest BCUT2D eigenvalue weighted by Crippen LogP contribution is 2.21. The number of carboxylic acids is 1. The molecule has 0 heterocycles. The molecular weight excluding hydrogens is 346 g/mol. The standard InChI is InChI=1S/C17H14BrNO3/c1-2-15(12-4-3-5-13(18)10-12)16(20)19-14-8-6-11(7-9-14)17(21)22/h2-10H,1H3,(H,19,20)(H,21,22)/b15-2+. The average molecular weight is 360 g/mol. The number of allylic oxidation sites excluding steroid dienone is 1. The summed E-state index contributed by atoms with van der Waals surface area (Å²) in [4.78, 5) is 23.2. The van der Waals surface area contributed by atoms with Gasteiger partial charge < -0.3 is 10.4 Å². The van der Waals surface area contributed by atoms with Crippen LogP contribution >= 0.6 is 15.9 Å². The Kier molecular flexibility index (Phi) is 5.12. The van der Waals surface area contributed by atoms with Gasteiger partial charge in [0.05, 0.1) is 5.56 Å². The molecule has 0 unspecified atom stereocenters. The molecular formula is C17H14BrNO3. The van der Waals surface area contributed by atoms with Crippen molar-refractivity contribution in [2.24, 2.45) is 0 Å². The molecule has 0 aliphatic rings. The van der Waals surface area contributed by atoms with Crippen molar-refractivity contribution in [3.05, 3.63) is 70.2 Å². The van der Waals surface area contributed by atoms with E-state index in [-0.39, 0.29) is 11.5 Å². The third kappa shape index (κ3) is 3.83. The minimum Gasteiger partial charge on any atom is -0.478 e. The molecule has 2 N–H and O–H groups in total. The molecule has 0 saturated carbocycles. The number of amides is 1. The first kappa shape index (κ1) is 16.0. The topological polar surface area (TPSA) is 66.4 Å². The van der Waals surface area contributed by atoms with E-state index in [0.29, 0.717) is 11.3 Å². The quantitative estimate of drug-likeness (QED) is 0.804. The molecule has 22 heavy (non-hydrogen) atoms. The zero-order chi connectivity index (χ0) is 16.1. The van der Waals surface area contributed by atoms with Gasteiger partial charge in [-0.1, -0.05) is 34.1 Å². The Morgan fingerprint density at radius 3 is 2.32 bits per heavy atom. The van der Waals surface area contributed by atoms with Gasteiger partial charge in [0.2, 0.25) is 0 Å². The lowest BCUT2D eigenvalue weighted by atomic mass is 10.0. The van der Waals surface area contributed by atoms with Crippen LogP contribution in [0.2, 0.25) is 0 Å². The summed E-state index contributed by atoms with van der Waals surface area (Å²) in [6.07, 6.45) is 1.74. The normalized spacial score (nSPS) is 11.1. The monoisotopic (exact) mass is 359 g/mol. The number of carboxylic acid groups (broad SMARTS) is 1. The van der Waals surface area contributed by atoms with Crippen LogP contribution in [-0.4, -0.2) is 17.0 Å². The van der Waals surface area contributed by atoms with Crippen molar-refractivity contribution in [3.8, 4) is 0 Å². The van der Waals surface area contributed by atoms with Crippen molar-refractivity contribution in [1.29, 1.82) is 0 Å². The number of rotatable bonds is 4. The maximum atomic E-state index is 12.4. The molecule has 0 fully saturated rings. The van der Waals surface area contributed by atoms with Crippen LogP contribution in [0.4, 0.5) is 5.69 Å². The number of nitrogens with one attached hydrogen (secondary N) is 1. The highest BCUT2D eigenvalue weighted by Gasteiger charge is 2.12. The van der Waals surface area contributed by atoms with Gasteiger partial charge >= 0.3 is 5.97 Å². The van der Waals surface area contributed by atoms with E-state index < -0.39 is 5.97 Å². The molecule has 0 atom stereocenters. The summed E-state index contributed by atoms with van der Waals surface area (Å²) >= 11 is 3.38. The van der Waals surface area contributed by atoms with E-state index >= 15 is 0 Å². The zero-order valence-electron chi connectivity index (χ0n) is 11.8. The molecule has 0 bridgehead atoms. The average Bonchev–Trinajstić information content (AvgIpc) is 2.48.